The first-order chi connectivity index (χ1) is 9.81. The molecule has 2 rings (SSSR count). The van der Waals surface area contributed by atoms with Crippen molar-refractivity contribution in [3.63, 3.8) is 0 Å². The van der Waals surface area contributed by atoms with Crippen molar-refractivity contribution in [1.82, 2.24) is 4.98 Å². The molecule has 1 atom stereocenters. The summed E-state index contributed by atoms with van der Waals surface area (Å²) in [6.07, 6.45) is 14.0. The van der Waals surface area contributed by atoms with Crippen LogP contribution in [0.5, 0.6) is 5.75 Å². The summed E-state index contributed by atoms with van der Waals surface area (Å²) < 4.78 is 5.66. The molecule has 20 heavy (non-hydrogen) atoms. The van der Waals surface area contributed by atoms with Crippen LogP contribution in [-0.4, -0.2) is 11.6 Å². The van der Waals surface area contributed by atoms with Crippen LogP contribution in [0.15, 0.2) is 18.5 Å². The molecule has 1 heterocycles. The monoisotopic (exact) mass is 276 g/mol. The third kappa shape index (κ3) is 4.48. The van der Waals surface area contributed by atoms with Gasteiger partial charge in [-0.1, -0.05) is 39.0 Å². The molecule has 0 aromatic carbocycles. The van der Waals surface area contributed by atoms with E-state index < -0.39 is 0 Å². The fourth-order valence-electron chi connectivity index (χ4n) is 3.04. The second-order valence-corrected chi connectivity index (χ2v) is 5.93. The Morgan fingerprint density at radius 2 is 1.90 bits per heavy atom. The maximum atomic E-state index is 6.49. The first kappa shape index (κ1) is 15.3. The quantitative estimate of drug-likeness (QED) is 0.875. The Labute approximate surface area is 122 Å². The molecule has 0 bridgehead atoms. The van der Waals surface area contributed by atoms with Crippen molar-refractivity contribution < 1.29 is 4.74 Å². The van der Waals surface area contributed by atoms with Crippen molar-refractivity contribution >= 4 is 0 Å². The van der Waals surface area contributed by atoms with Crippen LogP contribution in [0.2, 0.25) is 0 Å². The zero-order valence-corrected chi connectivity index (χ0v) is 12.7. The predicted octanol–water partition coefficient (Wildman–Crippen LogP) is 4.23. The van der Waals surface area contributed by atoms with Gasteiger partial charge < -0.3 is 10.5 Å². The molecule has 112 valence electrons. The Kier molecular flexibility index (Phi) is 6.31. The van der Waals surface area contributed by atoms with Crippen LogP contribution in [0.3, 0.4) is 0 Å². The zero-order chi connectivity index (χ0) is 14.2. The van der Waals surface area contributed by atoms with Crippen LogP contribution >= 0.6 is 0 Å². The second-order valence-electron chi connectivity index (χ2n) is 5.93. The Balaban J connectivity index is 2.00. The average molecular weight is 276 g/mol. The van der Waals surface area contributed by atoms with Crippen LogP contribution in [0.1, 0.15) is 69.9 Å². The van der Waals surface area contributed by atoms with Gasteiger partial charge in [0.25, 0.3) is 0 Å². The summed E-state index contributed by atoms with van der Waals surface area (Å²) in [4.78, 5) is 4.29. The number of hydrogen-bond acceptors (Lipinski definition) is 3. The molecular weight excluding hydrogens is 248 g/mol. The average Bonchev–Trinajstić information content (AvgIpc) is 2.44. The summed E-state index contributed by atoms with van der Waals surface area (Å²) in [5.74, 6) is 1.45. The lowest BCUT2D eigenvalue weighted by Crippen LogP contribution is -2.22. The highest BCUT2D eigenvalue weighted by Crippen LogP contribution is 2.32. The first-order valence-electron chi connectivity index (χ1n) is 8.14. The van der Waals surface area contributed by atoms with Crippen molar-refractivity contribution in [2.75, 3.05) is 6.61 Å². The molecule has 1 aromatic rings. The molecular formula is C17H28N2O. The van der Waals surface area contributed by atoms with Gasteiger partial charge in [0, 0.05) is 12.2 Å². The van der Waals surface area contributed by atoms with Gasteiger partial charge in [-0.25, -0.2) is 0 Å². The number of hydrogen-bond donors (Lipinski definition) is 1. The molecule has 1 unspecified atom stereocenters. The van der Waals surface area contributed by atoms with Gasteiger partial charge in [0.2, 0.25) is 0 Å². The van der Waals surface area contributed by atoms with E-state index in [1.165, 1.54) is 44.9 Å². The number of ether oxygens (including phenoxy) is 1. The van der Waals surface area contributed by atoms with Crippen molar-refractivity contribution in [3.05, 3.63) is 24.0 Å². The molecule has 2 N–H and O–H groups in total. The van der Waals surface area contributed by atoms with E-state index in [0.717, 1.165) is 24.3 Å². The maximum absolute atomic E-state index is 6.49. The van der Waals surface area contributed by atoms with Crippen LogP contribution < -0.4 is 10.5 Å². The van der Waals surface area contributed by atoms with Gasteiger partial charge in [0.05, 0.1) is 12.8 Å². The molecule has 1 aromatic heterocycles. The number of nitrogens with zero attached hydrogens (tertiary/aromatic N) is 1. The molecule has 1 saturated carbocycles. The number of pyridine rings is 1. The van der Waals surface area contributed by atoms with Crippen LogP contribution in [-0.2, 0) is 0 Å². The predicted molar refractivity (Wildman–Crippen MR) is 82.8 cm³/mol. The summed E-state index contributed by atoms with van der Waals surface area (Å²) in [5.41, 5.74) is 7.62. The molecule has 3 heteroatoms. The van der Waals surface area contributed by atoms with Gasteiger partial charge in [0.15, 0.2) is 0 Å². The van der Waals surface area contributed by atoms with Gasteiger partial charge in [-0.15, -0.1) is 0 Å². The van der Waals surface area contributed by atoms with Gasteiger partial charge in [-0.3, -0.25) is 4.98 Å². The molecule has 0 aliphatic heterocycles. The van der Waals surface area contributed by atoms with E-state index in [-0.39, 0.29) is 6.04 Å². The van der Waals surface area contributed by atoms with Crippen molar-refractivity contribution in [2.45, 2.75) is 64.3 Å². The normalized spacial score (nSPS) is 19.1. The SMILES string of the molecule is CCCOc1cncc(C(N)C2CCCCCCC2)c1. The molecule has 0 radical (unpaired) electrons. The summed E-state index contributed by atoms with van der Waals surface area (Å²) >= 11 is 0. The van der Waals surface area contributed by atoms with E-state index in [2.05, 4.69) is 18.0 Å². The standard InChI is InChI=1S/C17H28N2O/c1-2-10-20-16-11-15(12-19-13-16)17(18)14-8-6-4-3-5-7-9-14/h11-14,17H,2-10,18H2,1H3. The van der Waals surface area contributed by atoms with Crippen molar-refractivity contribution in [1.29, 1.82) is 0 Å². The minimum atomic E-state index is 0.103. The second kappa shape index (κ2) is 8.25. The molecule has 3 nitrogen and oxygen atoms in total. The Hall–Kier alpha value is -1.09. The van der Waals surface area contributed by atoms with Crippen LogP contribution in [0, 0.1) is 5.92 Å². The lowest BCUT2D eigenvalue weighted by molar-refractivity contribution is 0.310. The summed E-state index contributed by atoms with van der Waals surface area (Å²) in [5, 5.41) is 0. The highest BCUT2D eigenvalue weighted by atomic mass is 16.5. The maximum Gasteiger partial charge on any atom is 0.137 e. The van der Waals surface area contributed by atoms with E-state index in [9.17, 15) is 0 Å². The largest absolute Gasteiger partial charge is 0.492 e. The van der Waals surface area contributed by atoms with Gasteiger partial charge in [-0.05, 0) is 36.8 Å². The van der Waals surface area contributed by atoms with Crippen molar-refractivity contribution in [3.8, 4) is 5.75 Å². The van der Waals surface area contributed by atoms with E-state index in [0.29, 0.717) is 5.92 Å². The first-order valence-corrected chi connectivity index (χ1v) is 8.14. The Morgan fingerprint density at radius 3 is 2.60 bits per heavy atom. The van der Waals surface area contributed by atoms with E-state index in [1.54, 1.807) is 6.20 Å². The molecule has 1 aliphatic carbocycles. The van der Waals surface area contributed by atoms with E-state index in [1.807, 2.05) is 6.20 Å². The molecule has 1 aliphatic rings. The minimum Gasteiger partial charge on any atom is -0.492 e. The fourth-order valence-corrected chi connectivity index (χ4v) is 3.04. The van der Waals surface area contributed by atoms with Gasteiger partial charge in [0.1, 0.15) is 5.75 Å². The molecule has 1 fully saturated rings. The zero-order valence-electron chi connectivity index (χ0n) is 12.7. The number of nitrogens with two attached hydrogens (primary N) is 1. The topological polar surface area (TPSA) is 48.1 Å². The molecule has 0 spiro atoms. The summed E-state index contributed by atoms with van der Waals surface area (Å²) in [6.45, 7) is 2.85. The number of aromatic nitrogens is 1. The minimum absolute atomic E-state index is 0.103. The van der Waals surface area contributed by atoms with Crippen LogP contribution in [0.4, 0.5) is 0 Å². The summed E-state index contributed by atoms with van der Waals surface area (Å²) in [7, 11) is 0. The molecule has 0 amide bonds. The lowest BCUT2D eigenvalue weighted by atomic mass is 9.84. The Bertz CT molecular complexity index is 386. The highest BCUT2D eigenvalue weighted by molar-refractivity contribution is 5.26. The smallest absolute Gasteiger partial charge is 0.137 e. The van der Waals surface area contributed by atoms with E-state index >= 15 is 0 Å². The fraction of sp³-hybridized carbons (Fsp3) is 0.706. The lowest BCUT2D eigenvalue weighted by Gasteiger charge is -2.26. The van der Waals surface area contributed by atoms with E-state index in [4.69, 9.17) is 10.5 Å². The van der Waals surface area contributed by atoms with Gasteiger partial charge in [-0.2, -0.15) is 0 Å². The third-order valence-electron chi connectivity index (χ3n) is 4.25. The third-order valence-corrected chi connectivity index (χ3v) is 4.25. The Morgan fingerprint density at radius 1 is 1.20 bits per heavy atom. The highest BCUT2D eigenvalue weighted by Gasteiger charge is 2.20. The van der Waals surface area contributed by atoms with Crippen LogP contribution in [0.25, 0.3) is 0 Å². The summed E-state index contributed by atoms with van der Waals surface area (Å²) in [6, 6.07) is 2.18. The molecule has 0 saturated heterocycles. The van der Waals surface area contributed by atoms with Crippen molar-refractivity contribution in [2.24, 2.45) is 11.7 Å². The van der Waals surface area contributed by atoms with Gasteiger partial charge >= 0.3 is 0 Å². The number of rotatable bonds is 5.